The number of nitrogens with one attached hydrogen (secondary N) is 1. The lowest BCUT2D eigenvalue weighted by atomic mass is 10.1. The Hall–Kier alpha value is -1.32. The molecule has 0 spiro atoms. The van der Waals surface area contributed by atoms with E-state index in [4.69, 9.17) is 4.42 Å². The van der Waals surface area contributed by atoms with Crippen LogP contribution in [0.2, 0.25) is 0 Å². The van der Waals surface area contributed by atoms with E-state index in [0.717, 1.165) is 16.7 Å². The van der Waals surface area contributed by atoms with Gasteiger partial charge in [-0.25, -0.2) is 0 Å². The fourth-order valence-electron chi connectivity index (χ4n) is 1.83. The van der Waals surface area contributed by atoms with Gasteiger partial charge in [0.05, 0.1) is 13.2 Å². The average Bonchev–Trinajstić information content (AvgIpc) is 2.69. The van der Waals surface area contributed by atoms with Crippen LogP contribution < -0.4 is 5.32 Å². The van der Waals surface area contributed by atoms with Crippen molar-refractivity contribution in [3.8, 4) is 0 Å². The lowest BCUT2D eigenvalue weighted by Gasteiger charge is -2.22. The van der Waals surface area contributed by atoms with E-state index in [9.17, 15) is 5.11 Å². The largest absolute Gasteiger partial charge is 0.460 e. The maximum Gasteiger partial charge on any atom is 0.134 e. The van der Waals surface area contributed by atoms with E-state index in [0.29, 0.717) is 6.54 Å². The normalized spacial score (nSPS) is 12.3. The summed E-state index contributed by atoms with van der Waals surface area (Å²) < 4.78 is 5.80. The van der Waals surface area contributed by atoms with Crippen molar-refractivity contribution in [1.29, 1.82) is 0 Å². The Kier molecular flexibility index (Phi) is 3.46. The zero-order chi connectivity index (χ0) is 13.3. The van der Waals surface area contributed by atoms with Crippen LogP contribution in [0.15, 0.2) is 22.6 Å². The predicted octanol–water partition coefficient (Wildman–Crippen LogP) is 2.91. The van der Waals surface area contributed by atoms with Gasteiger partial charge in [0.15, 0.2) is 0 Å². The summed E-state index contributed by atoms with van der Waals surface area (Å²) in [4.78, 5) is 0. The summed E-state index contributed by atoms with van der Waals surface area (Å²) >= 11 is 0. The van der Waals surface area contributed by atoms with Crippen molar-refractivity contribution in [3.05, 3.63) is 35.1 Å². The van der Waals surface area contributed by atoms with Crippen molar-refractivity contribution < 1.29 is 9.52 Å². The van der Waals surface area contributed by atoms with Crippen LogP contribution in [0.5, 0.6) is 0 Å². The van der Waals surface area contributed by atoms with Gasteiger partial charge in [-0.2, -0.15) is 0 Å². The summed E-state index contributed by atoms with van der Waals surface area (Å²) in [6.07, 6.45) is 0. The standard InChI is InChI=1S/C15H21NO2/c1-10-5-12-7-13(8-16-15(3,4)9-17)18-14(12)6-11(10)2/h5-7,16-17H,8-9H2,1-4H3. The van der Waals surface area contributed by atoms with E-state index >= 15 is 0 Å². The van der Waals surface area contributed by atoms with Gasteiger partial charge in [-0.15, -0.1) is 0 Å². The van der Waals surface area contributed by atoms with Crippen LogP contribution >= 0.6 is 0 Å². The van der Waals surface area contributed by atoms with Gasteiger partial charge in [0.1, 0.15) is 11.3 Å². The third-order valence-corrected chi connectivity index (χ3v) is 3.32. The number of hydrogen-bond donors (Lipinski definition) is 2. The summed E-state index contributed by atoms with van der Waals surface area (Å²) in [5, 5.41) is 13.6. The molecule has 0 bridgehead atoms. The first-order chi connectivity index (χ1) is 8.41. The van der Waals surface area contributed by atoms with Gasteiger partial charge in [-0.3, -0.25) is 0 Å². The molecule has 98 valence electrons. The number of hydrogen-bond acceptors (Lipinski definition) is 3. The molecule has 0 fully saturated rings. The highest BCUT2D eigenvalue weighted by Gasteiger charge is 2.16. The second-order valence-electron chi connectivity index (χ2n) is 5.58. The fourth-order valence-corrected chi connectivity index (χ4v) is 1.83. The fraction of sp³-hybridized carbons (Fsp3) is 0.467. The summed E-state index contributed by atoms with van der Waals surface area (Å²) in [7, 11) is 0. The molecule has 3 heteroatoms. The van der Waals surface area contributed by atoms with Gasteiger partial charge < -0.3 is 14.8 Å². The van der Waals surface area contributed by atoms with Crippen molar-refractivity contribution in [2.24, 2.45) is 0 Å². The first-order valence-corrected chi connectivity index (χ1v) is 6.27. The Morgan fingerprint density at radius 2 is 1.83 bits per heavy atom. The first kappa shape index (κ1) is 13.1. The van der Waals surface area contributed by atoms with Gasteiger partial charge in [0.25, 0.3) is 0 Å². The Morgan fingerprint density at radius 1 is 1.17 bits per heavy atom. The van der Waals surface area contributed by atoms with E-state index in [-0.39, 0.29) is 12.1 Å². The molecule has 2 rings (SSSR count). The van der Waals surface area contributed by atoms with Crippen LogP contribution in [0.1, 0.15) is 30.7 Å². The Balaban J connectivity index is 2.20. The molecule has 0 radical (unpaired) electrons. The highest BCUT2D eigenvalue weighted by Crippen LogP contribution is 2.23. The number of furan rings is 1. The van der Waals surface area contributed by atoms with E-state index in [2.05, 4.69) is 37.4 Å². The second-order valence-corrected chi connectivity index (χ2v) is 5.58. The van der Waals surface area contributed by atoms with Gasteiger partial charge in [-0.05, 0) is 57.0 Å². The lowest BCUT2D eigenvalue weighted by Crippen LogP contribution is -2.41. The lowest BCUT2D eigenvalue weighted by molar-refractivity contribution is 0.185. The molecule has 3 nitrogen and oxygen atoms in total. The molecule has 0 aliphatic heterocycles. The number of aryl methyl sites for hydroxylation is 2. The molecule has 0 saturated heterocycles. The zero-order valence-electron chi connectivity index (χ0n) is 11.5. The third-order valence-electron chi connectivity index (χ3n) is 3.32. The quantitative estimate of drug-likeness (QED) is 0.873. The molecule has 0 atom stereocenters. The van der Waals surface area contributed by atoms with Crippen LogP contribution in [0.3, 0.4) is 0 Å². The Morgan fingerprint density at radius 3 is 2.50 bits per heavy atom. The van der Waals surface area contributed by atoms with Crippen molar-refractivity contribution in [2.75, 3.05) is 6.61 Å². The molecular formula is C15H21NO2. The highest BCUT2D eigenvalue weighted by molar-refractivity contribution is 5.79. The van der Waals surface area contributed by atoms with E-state index in [1.54, 1.807) is 0 Å². The van der Waals surface area contributed by atoms with Crippen LogP contribution in [-0.4, -0.2) is 17.3 Å². The molecule has 0 aliphatic carbocycles. The molecular weight excluding hydrogens is 226 g/mol. The summed E-state index contributed by atoms with van der Waals surface area (Å²) in [5.41, 5.74) is 3.16. The Labute approximate surface area is 108 Å². The van der Waals surface area contributed by atoms with Crippen LogP contribution in [-0.2, 0) is 6.54 Å². The summed E-state index contributed by atoms with van der Waals surface area (Å²) in [6, 6.07) is 6.28. The number of aliphatic hydroxyl groups is 1. The third kappa shape index (κ3) is 2.74. The minimum atomic E-state index is -0.287. The molecule has 1 aromatic carbocycles. The van der Waals surface area contributed by atoms with Crippen molar-refractivity contribution in [3.63, 3.8) is 0 Å². The van der Waals surface area contributed by atoms with Crippen molar-refractivity contribution >= 4 is 11.0 Å². The molecule has 2 aromatic rings. The van der Waals surface area contributed by atoms with Gasteiger partial charge in [0.2, 0.25) is 0 Å². The van der Waals surface area contributed by atoms with Crippen LogP contribution in [0.4, 0.5) is 0 Å². The minimum Gasteiger partial charge on any atom is -0.460 e. The first-order valence-electron chi connectivity index (χ1n) is 6.27. The maximum absolute atomic E-state index is 9.19. The van der Waals surface area contributed by atoms with E-state index < -0.39 is 0 Å². The van der Waals surface area contributed by atoms with E-state index in [1.807, 2.05) is 13.8 Å². The SMILES string of the molecule is Cc1cc2cc(CNC(C)(C)CO)oc2cc1C. The molecule has 2 N–H and O–H groups in total. The molecule has 1 heterocycles. The van der Waals surface area contributed by atoms with Crippen LogP contribution in [0, 0.1) is 13.8 Å². The van der Waals surface area contributed by atoms with Gasteiger partial charge in [-0.1, -0.05) is 0 Å². The monoisotopic (exact) mass is 247 g/mol. The highest BCUT2D eigenvalue weighted by atomic mass is 16.3. The van der Waals surface area contributed by atoms with Crippen molar-refractivity contribution in [1.82, 2.24) is 5.32 Å². The predicted molar refractivity (Wildman–Crippen MR) is 73.7 cm³/mol. The number of fused-ring (bicyclic) bond motifs is 1. The maximum atomic E-state index is 9.19. The van der Waals surface area contributed by atoms with Crippen LogP contribution in [0.25, 0.3) is 11.0 Å². The molecule has 1 aromatic heterocycles. The number of aliphatic hydroxyl groups excluding tert-OH is 1. The smallest absolute Gasteiger partial charge is 0.134 e. The Bertz CT molecular complexity index is 516. The van der Waals surface area contributed by atoms with Gasteiger partial charge in [0, 0.05) is 10.9 Å². The molecule has 0 saturated carbocycles. The summed E-state index contributed by atoms with van der Waals surface area (Å²) in [6.45, 7) is 8.85. The molecule has 0 aliphatic rings. The minimum absolute atomic E-state index is 0.103. The average molecular weight is 247 g/mol. The topological polar surface area (TPSA) is 45.4 Å². The molecule has 18 heavy (non-hydrogen) atoms. The van der Waals surface area contributed by atoms with Gasteiger partial charge >= 0.3 is 0 Å². The molecule has 0 amide bonds. The number of benzene rings is 1. The molecule has 0 unspecified atom stereocenters. The van der Waals surface area contributed by atoms with E-state index in [1.165, 1.54) is 11.1 Å². The summed E-state index contributed by atoms with van der Waals surface area (Å²) in [5.74, 6) is 0.900. The van der Waals surface area contributed by atoms with Crippen molar-refractivity contribution in [2.45, 2.75) is 39.8 Å². The second kappa shape index (κ2) is 4.75. The zero-order valence-corrected chi connectivity index (χ0v) is 11.5. The number of rotatable bonds is 4.